The molecule has 0 bridgehead atoms. The van der Waals surface area contributed by atoms with Crippen LogP contribution >= 0.6 is 0 Å². The molecular weight excluding hydrogens is 325 g/mol. The Morgan fingerprint density at radius 1 is 1.28 bits per heavy atom. The molecule has 2 aromatic heterocycles. The van der Waals surface area contributed by atoms with Crippen molar-refractivity contribution in [3.63, 3.8) is 0 Å². The number of carbonyl (C=O) groups excluding carboxylic acids is 1. The van der Waals surface area contributed by atoms with Gasteiger partial charge in [-0.3, -0.25) is 9.48 Å². The molecule has 0 spiro atoms. The Kier molecular flexibility index (Phi) is 4.78. The number of amides is 1. The summed E-state index contributed by atoms with van der Waals surface area (Å²) in [6.07, 6.45) is 3.37. The van der Waals surface area contributed by atoms with Gasteiger partial charge in [-0.05, 0) is 37.3 Å². The summed E-state index contributed by atoms with van der Waals surface area (Å²) in [6.45, 7) is 2.45. The van der Waals surface area contributed by atoms with E-state index >= 15 is 0 Å². The Balaban J connectivity index is 1.54. The zero-order valence-corrected chi connectivity index (χ0v) is 13.9. The van der Waals surface area contributed by atoms with Gasteiger partial charge in [0.1, 0.15) is 17.3 Å². The fraction of sp³-hybridized carbons (Fsp3) is 0.235. The van der Waals surface area contributed by atoms with E-state index in [4.69, 9.17) is 4.74 Å². The van der Waals surface area contributed by atoms with E-state index in [2.05, 4.69) is 15.5 Å². The van der Waals surface area contributed by atoms with Crippen LogP contribution in [-0.4, -0.2) is 25.5 Å². The van der Waals surface area contributed by atoms with Crippen molar-refractivity contribution < 1.29 is 13.9 Å². The summed E-state index contributed by atoms with van der Waals surface area (Å²) in [7, 11) is 1.85. The van der Waals surface area contributed by atoms with E-state index in [0.717, 1.165) is 11.3 Å². The third kappa shape index (κ3) is 4.03. The lowest BCUT2D eigenvalue weighted by molar-refractivity contribution is 0.0944. The Morgan fingerprint density at radius 3 is 2.72 bits per heavy atom. The van der Waals surface area contributed by atoms with Crippen molar-refractivity contribution in [2.75, 3.05) is 0 Å². The lowest BCUT2D eigenvalue weighted by atomic mass is 10.2. The summed E-state index contributed by atoms with van der Waals surface area (Å²) in [6, 6.07) is 7.31. The Labute approximate surface area is 144 Å². The van der Waals surface area contributed by atoms with E-state index in [1.54, 1.807) is 23.1 Å². The highest BCUT2D eigenvalue weighted by Gasteiger charge is 2.11. The molecule has 0 aliphatic carbocycles. The van der Waals surface area contributed by atoms with Crippen LogP contribution in [0, 0.1) is 12.7 Å². The second-order valence-corrected chi connectivity index (χ2v) is 5.53. The predicted molar refractivity (Wildman–Crippen MR) is 88.4 cm³/mol. The number of benzene rings is 1. The molecule has 3 rings (SSSR count). The third-order valence-electron chi connectivity index (χ3n) is 3.83. The van der Waals surface area contributed by atoms with E-state index in [0.29, 0.717) is 18.0 Å². The molecule has 0 atom stereocenters. The van der Waals surface area contributed by atoms with Crippen LogP contribution in [0.1, 0.15) is 21.7 Å². The van der Waals surface area contributed by atoms with Gasteiger partial charge < -0.3 is 10.1 Å². The maximum atomic E-state index is 12.8. The van der Waals surface area contributed by atoms with Crippen LogP contribution in [0.5, 0.6) is 5.75 Å². The topological polar surface area (TPSA) is 74.0 Å². The average molecular weight is 343 g/mol. The fourth-order valence-corrected chi connectivity index (χ4v) is 2.21. The van der Waals surface area contributed by atoms with Gasteiger partial charge in [0.25, 0.3) is 5.91 Å². The molecule has 1 N–H and O–H groups in total. The quantitative estimate of drug-likeness (QED) is 0.743. The Morgan fingerprint density at radius 2 is 2.04 bits per heavy atom. The van der Waals surface area contributed by atoms with Gasteiger partial charge in [0, 0.05) is 31.0 Å². The van der Waals surface area contributed by atoms with Gasteiger partial charge in [0.2, 0.25) is 0 Å². The molecule has 0 saturated heterocycles. The highest BCUT2D eigenvalue weighted by atomic mass is 19.1. The van der Waals surface area contributed by atoms with Gasteiger partial charge in [0.15, 0.2) is 6.73 Å². The normalized spacial score (nSPS) is 10.7. The van der Waals surface area contributed by atoms with Gasteiger partial charge in [0.05, 0.1) is 6.20 Å². The minimum atomic E-state index is -0.325. The first-order valence-electron chi connectivity index (χ1n) is 7.70. The number of hydrogen-bond acceptors (Lipinski definition) is 4. The second kappa shape index (κ2) is 7.16. The summed E-state index contributed by atoms with van der Waals surface area (Å²) < 4.78 is 21.6. The molecule has 0 fully saturated rings. The minimum absolute atomic E-state index is 0.126. The van der Waals surface area contributed by atoms with Gasteiger partial charge >= 0.3 is 0 Å². The van der Waals surface area contributed by atoms with Crippen LogP contribution < -0.4 is 10.1 Å². The number of aryl methyl sites for hydroxylation is 1. The van der Waals surface area contributed by atoms with Crippen molar-refractivity contribution in [3.05, 3.63) is 65.5 Å². The summed E-state index contributed by atoms with van der Waals surface area (Å²) in [5.74, 6) is -0.0759. The van der Waals surface area contributed by atoms with Crippen LogP contribution in [0.15, 0.2) is 42.7 Å². The maximum Gasteiger partial charge on any atom is 0.272 e. The zero-order chi connectivity index (χ0) is 17.8. The number of hydrogen-bond donors (Lipinski definition) is 1. The van der Waals surface area contributed by atoms with Crippen molar-refractivity contribution in [1.29, 1.82) is 0 Å². The molecular formula is C17H18FN5O2. The standard InChI is InChI=1S/C17H18FN5O2/c1-12-13(10-20-22(12)2)9-19-17(24)16-7-8-23(21-16)11-25-15-5-3-14(18)4-6-15/h3-8,10H,9,11H2,1-2H3,(H,19,24). The number of aromatic nitrogens is 4. The first kappa shape index (κ1) is 16.7. The Bertz CT molecular complexity index is 870. The lowest BCUT2D eigenvalue weighted by Crippen LogP contribution is -2.24. The highest BCUT2D eigenvalue weighted by Crippen LogP contribution is 2.11. The van der Waals surface area contributed by atoms with E-state index in [-0.39, 0.29) is 18.5 Å². The predicted octanol–water partition coefficient (Wildman–Crippen LogP) is 2.03. The maximum absolute atomic E-state index is 12.8. The fourth-order valence-electron chi connectivity index (χ4n) is 2.21. The summed E-state index contributed by atoms with van der Waals surface area (Å²) >= 11 is 0. The average Bonchev–Trinajstić information content (AvgIpc) is 3.21. The summed E-state index contributed by atoms with van der Waals surface area (Å²) in [4.78, 5) is 12.2. The van der Waals surface area contributed by atoms with Gasteiger partial charge in [-0.25, -0.2) is 9.07 Å². The lowest BCUT2D eigenvalue weighted by Gasteiger charge is -2.06. The van der Waals surface area contributed by atoms with Gasteiger partial charge in [-0.2, -0.15) is 10.2 Å². The molecule has 1 amide bonds. The SMILES string of the molecule is Cc1c(CNC(=O)c2ccn(COc3ccc(F)cc3)n2)cnn1C. The molecule has 2 heterocycles. The summed E-state index contributed by atoms with van der Waals surface area (Å²) in [5.41, 5.74) is 2.25. The summed E-state index contributed by atoms with van der Waals surface area (Å²) in [5, 5.41) is 11.1. The van der Waals surface area contributed by atoms with Gasteiger partial charge in [-0.15, -0.1) is 0 Å². The second-order valence-electron chi connectivity index (χ2n) is 5.53. The number of rotatable bonds is 6. The molecule has 8 heteroatoms. The molecule has 1 aromatic carbocycles. The number of ether oxygens (including phenoxy) is 1. The molecule has 7 nitrogen and oxygen atoms in total. The largest absolute Gasteiger partial charge is 0.471 e. The monoisotopic (exact) mass is 343 g/mol. The molecule has 130 valence electrons. The van der Waals surface area contributed by atoms with E-state index in [1.165, 1.54) is 28.9 Å². The third-order valence-corrected chi connectivity index (χ3v) is 3.83. The van der Waals surface area contributed by atoms with Crippen LogP contribution in [0.4, 0.5) is 4.39 Å². The van der Waals surface area contributed by atoms with Crippen molar-refractivity contribution in [3.8, 4) is 5.75 Å². The number of halogens is 1. The van der Waals surface area contributed by atoms with Crippen molar-refractivity contribution in [2.45, 2.75) is 20.2 Å². The zero-order valence-electron chi connectivity index (χ0n) is 13.9. The van der Waals surface area contributed by atoms with Crippen LogP contribution in [0.2, 0.25) is 0 Å². The van der Waals surface area contributed by atoms with Gasteiger partial charge in [-0.1, -0.05) is 0 Å². The first-order valence-corrected chi connectivity index (χ1v) is 7.70. The van der Waals surface area contributed by atoms with Crippen LogP contribution in [0.25, 0.3) is 0 Å². The Hall–Kier alpha value is -3.16. The molecule has 0 saturated carbocycles. The molecule has 3 aromatic rings. The number of nitrogens with zero attached hydrogens (tertiary/aromatic N) is 4. The molecule has 0 aliphatic rings. The molecule has 0 radical (unpaired) electrons. The van der Waals surface area contributed by atoms with E-state index in [9.17, 15) is 9.18 Å². The van der Waals surface area contributed by atoms with Crippen molar-refractivity contribution >= 4 is 5.91 Å². The van der Waals surface area contributed by atoms with Crippen molar-refractivity contribution in [2.24, 2.45) is 7.05 Å². The van der Waals surface area contributed by atoms with Crippen LogP contribution in [0.3, 0.4) is 0 Å². The minimum Gasteiger partial charge on any atom is -0.471 e. The smallest absolute Gasteiger partial charge is 0.272 e. The number of carbonyl (C=O) groups is 1. The number of nitrogens with one attached hydrogen (secondary N) is 1. The van der Waals surface area contributed by atoms with E-state index in [1.807, 2.05) is 14.0 Å². The van der Waals surface area contributed by atoms with Crippen LogP contribution in [-0.2, 0) is 20.3 Å². The van der Waals surface area contributed by atoms with Crippen molar-refractivity contribution in [1.82, 2.24) is 24.9 Å². The molecule has 0 aliphatic heterocycles. The molecule has 25 heavy (non-hydrogen) atoms. The van der Waals surface area contributed by atoms with E-state index < -0.39 is 0 Å². The molecule has 0 unspecified atom stereocenters. The highest BCUT2D eigenvalue weighted by molar-refractivity contribution is 5.92. The first-order chi connectivity index (χ1) is 12.0.